The van der Waals surface area contributed by atoms with Gasteiger partial charge in [0.05, 0.1) is 19.1 Å². The molecule has 0 spiro atoms. The summed E-state index contributed by atoms with van der Waals surface area (Å²) < 4.78 is 5.04. The van der Waals surface area contributed by atoms with E-state index in [1.54, 1.807) is 6.92 Å². The number of nitrogens with zero attached hydrogens (tertiary/aromatic N) is 2. The summed E-state index contributed by atoms with van der Waals surface area (Å²) in [5, 5.41) is 11.9. The molecule has 1 aliphatic heterocycles. The molecule has 0 aromatic rings. The second-order valence-electron chi connectivity index (χ2n) is 3.92. The number of piperazine rings is 1. The van der Waals surface area contributed by atoms with Crippen molar-refractivity contribution in [2.45, 2.75) is 32.4 Å². The molecule has 16 heavy (non-hydrogen) atoms. The highest BCUT2D eigenvalue weighted by atomic mass is 16.5. The van der Waals surface area contributed by atoms with Gasteiger partial charge in [0.1, 0.15) is 6.04 Å². The first-order valence-corrected chi connectivity index (χ1v) is 5.70. The van der Waals surface area contributed by atoms with Crippen molar-refractivity contribution in [3.8, 4) is 6.07 Å². The molecule has 0 aromatic carbocycles. The Bertz CT molecular complexity index is 275. The molecule has 0 radical (unpaired) electrons. The van der Waals surface area contributed by atoms with Gasteiger partial charge >= 0.3 is 5.97 Å². The maximum absolute atomic E-state index is 11.7. The maximum atomic E-state index is 11.7. The van der Waals surface area contributed by atoms with Crippen LogP contribution in [0.4, 0.5) is 0 Å². The molecule has 1 rings (SSSR count). The van der Waals surface area contributed by atoms with Gasteiger partial charge in [0.15, 0.2) is 0 Å². The van der Waals surface area contributed by atoms with E-state index < -0.39 is 0 Å². The average Bonchev–Trinajstić information content (AvgIpc) is 2.30. The minimum absolute atomic E-state index is 0.0986. The van der Waals surface area contributed by atoms with Crippen molar-refractivity contribution >= 4 is 5.97 Å². The summed E-state index contributed by atoms with van der Waals surface area (Å²) in [6, 6.07) is 1.99. The lowest BCUT2D eigenvalue weighted by Gasteiger charge is -2.37. The van der Waals surface area contributed by atoms with Crippen LogP contribution in [0.1, 0.15) is 20.3 Å². The largest absolute Gasteiger partial charge is 0.465 e. The fourth-order valence-corrected chi connectivity index (χ4v) is 1.95. The first kappa shape index (κ1) is 12.9. The molecule has 0 aliphatic carbocycles. The lowest BCUT2D eigenvalue weighted by atomic mass is 10.1. The average molecular weight is 225 g/mol. The van der Waals surface area contributed by atoms with Crippen molar-refractivity contribution in [2.75, 3.05) is 26.2 Å². The number of hydrogen-bond donors (Lipinski definition) is 1. The Balaban J connectivity index is 2.63. The van der Waals surface area contributed by atoms with Crippen molar-refractivity contribution in [2.24, 2.45) is 0 Å². The van der Waals surface area contributed by atoms with Gasteiger partial charge in [0.2, 0.25) is 0 Å². The number of nitrogens with one attached hydrogen (secondary N) is 1. The molecule has 5 heteroatoms. The first-order valence-electron chi connectivity index (χ1n) is 5.70. The van der Waals surface area contributed by atoms with Crippen LogP contribution in [-0.2, 0) is 9.53 Å². The molecule has 2 atom stereocenters. The molecular formula is C11H19N3O2. The number of hydrogen-bond acceptors (Lipinski definition) is 5. The van der Waals surface area contributed by atoms with Gasteiger partial charge in [-0.05, 0) is 13.8 Å². The Morgan fingerprint density at radius 2 is 2.50 bits per heavy atom. The van der Waals surface area contributed by atoms with Gasteiger partial charge in [0, 0.05) is 25.7 Å². The number of carbonyl (C=O) groups excluding carboxylic acids is 1. The van der Waals surface area contributed by atoms with Crippen LogP contribution < -0.4 is 5.32 Å². The highest BCUT2D eigenvalue weighted by Crippen LogP contribution is 2.12. The quantitative estimate of drug-likeness (QED) is 0.689. The van der Waals surface area contributed by atoms with E-state index in [9.17, 15) is 4.79 Å². The summed E-state index contributed by atoms with van der Waals surface area (Å²) in [5.41, 5.74) is 0. The third-order valence-corrected chi connectivity index (χ3v) is 2.80. The Morgan fingerprint density at radius 1 is 1.75 bits per heavy atom. The molecule has 5 nitrogen and oxygen atoms in total. The Labute approximate surface area is 96.4 Å². The second kappa shape index (κ2) is 6.46. The normalized spacial score (nSPS) is 23.4. The van der Waals surface area contributed by atoms with Gasteiger partial charge < -0.3 is 10.1 Å². The number of esters is 1. The Hall–Kier alpha value is -1.12. The third-order valence-electron chi connectivity index (χ3n) is 2.80. The van der Waals surface area contributed by atoms with Crippen LogP contribution in [0.5, 0.6) is 0 Å². The van der Waals surface area contributed by atoms with E-state index in [2.05, 4.69) is 16.3 Å². The van der Waals surface area contributed by atoms with E-state index in [-0.39, 0.29) is 18.1 Å². The summed E-state index contributed by atoms with van der Waals surface area (Å²) in [6.07, 6.45) is 0.440. The van der Waals surface area contributed by atoms with E-state index >= 15 is 0 Å². The first-order chi connectivity index (χ1) is 7.70. The van der Waals surface area contributed by atoms with Crippen LogP contribution >= 0.6 is 0 Å². The second-order valence-corrected chi connectivity index (χ2v) is 3.92. The molecule has 1 heterocycles. The van der Waals surface area contributed by atoms with E-state index in [1.165, 1.54) is 0 Å². The molecule has 0 amide bonds. The van der Waals surface area contributed by atoms with E-state index in [1.807, 2.05) is 6.92 Å². The van der Waals surface area contributed by atoms with Gasteiger partial charge in [-0.2, -0.15) is 5.26 Å². The minimum Gasteiger partial charge on any atom is -0.465 e. The van der Waals surface area contributed by atoms with Gasteiger partial charge in [-0.3, -0.25) is 9.69 Å². The standard InChI is InChI=1S/C11H19N3O2/c1-3-16-11(15)10-8-13-6-7-14(10)9(2)4-5-12/h9-10,13H,3-4,6-8H2,1-2H3. The van der Waals surface area contributed by atoms with E-state index in [4.69, 9.17) is 10.00 Å². The van der Waals surface area contributed by atoms with Crippen molar-refractivity contribution in [1.82, 2.24) is 10.2 Å². The number of nitriles is 1. The van der Waals surface area contributed by atoms with Gasteiger partial charge in [0.25, 0.3) is 0 Å². The zero-order chi connectivity index (χ0) is 12.0. The number of ether oxygens (including phenoxy) is 1. The summed E-state index contributed by atoms with van der Waals surface area (Å²) >= 11 is 0. The lowest BCUT2D eigenvalue weighted by Crippen LogP contribution is -2.58. The van der Waals surface area contributed by atoms with Crippen LogP contribution in [0.15, 0.2) is 0 Å². The summed E-state index contributed by atoms with van der Waals surface area (Å²) in [6.45, 7) is 6.42. The predicted molar refractivity (Wildman–Crippen MR) is 59.7 cm³/mol. The van der Waals surface area contributed by atoms with Crippen molar-refractivity contribution in [1.29, 1.82) is 5.26 Å². The topological polar surface area (TPSA) is 65.4 Å². The monoisotopic (exact) mass is 225 g/mol. The van der Waals surface area contributed by atoms with Gasteiger partial charge in [-0.15, -0.1) is 0 Å². The molecule has 1 saturated heterocycles. The number of rotatable bonds is 4. The van der Waals surface area contributed by atoms with Crippen LogP contribution in [0.3, 0.4) is 0 Å². The predicted octanol–water partition coefficient (Wildman–Crippen LogP) is 0.125. The fraction of sp³-hybridized carbons (Fsp3) is 0.818. The molecule has 0 saturated carbocycles. The fourth-order valence-electron chi connectivity index (χ4n) is 1.95. The van der Waals surface area contributed by atoms with Crippen LogP contribution in [0.2, 0.25) is 0 Å². The van der Waals surface area contributed by atoms with Crippen molar-refractivity contribution in [3.63, 3.8) is 0 Å². The van der Waals surface area contributed by atoms with Crippen LogP contribution in [0, 0.1) is 11.3 Å². The molecule has 2 unspecified atom stereocenters. The third kappa shape index (κ3) is 3.19. The van der Waals surface area contributed by atoms with E-state index in [0.29, 0.717) is 19.6 Å². The molecule has 1 N–H and O–H groups in total. The smallest absolute Gasteiger partial charge is 0.324 e. The highest BCUT2D eigenvalue weighted by Gasteiger charge is 2.32. The SMILES string of the molecule is CCOC(=O)C1CNCCN1C(C)CC#N. The summed E-state index contributed by atoms with van der Waals surface area (Å²) in [4.78, 5) is 13.8. The van der Waals surface area contributed by atoms with Crippen molar-refractivity contribution < 1.29 is 9.53 Å². The Morgan fingerprint density at radius 3 is 3.12 bits per heavy atom. The lowest BCUT2D eigenvalue weighted by molar-refractivity contribution is -0.151. The van der Waals surface area contributed by atoms with Crippen LogP contribution in [0.25, 0.3) is 0 Å². The van der Waals surface area contributed by atoms with Crippen molar-refractivity contribution in [3.05, 3.63) is 0 Å². The minimum atomic E-state index is -0.253. The highest BCUT2D eigenvalue weighted by molar-refractivity contribution is 5.76. The van der Waals surface area contributed by atoms with Gasteiger partial charge in [-0.25, -0.2) is 0 Å². The zero-order valence-corrected chi connectivity index (χ0v) is 9.90. The summed E-state index contributed by atoms with van der Waals surface area (Å²) in [7, 11) is 0. The molecule has 90 valence electrons. The van der Waals surface area contributed by atoms with E-state index in [0.717, 1.165) is 13.1 Å². The summed E-state index contributed by atoms with van der Waals surface area (Å²) in [5.74, 6) is -0.195. The maximum Gasteiger partial charge on any atom is 0.324 e. The molecule has 0 aromatic heterocycles. The molecule has 0 bridgehead atoms. The van der Waals surface area contributed by atoms with Crippen LogP contribution in [-0.4, -0.2) is 49.2 Å². The Kier molecular flexibility index (Phi) is 5.23. The van der Waals surface area contributed by atoms with Gasteiger partial charge in [-0.1, -0.05) is 0 Å². The molecule has 1 fully saturated rings. The molecular weight excluding hydrogens is 206 g/mol. The number of carbonyl (C=O) groups is 1. The molecule has 1 aliphatic rings. The zero-order valence-electron chi connectivity index (χ0n) is 9.90.